The molecule has 0 aromatic heterocycles. The van der Waals surface area contributed by atoms with Crippen LogP contribution >= 0.6 is 0 Å². The van der Waals surface area contributed by atoms with Gasteiger partial charge in [0.25, 0.3) is 0 Å². The van der Waals surface area contributed by atoms with Crippen molar-refractivity contribution in [2.75, 3.05) is 5.32 Å². The number of benzene rings is 1. The van der Waals surface area contributed by atoms with E-state index in [-0.39, 0.29) is 0 Å². The first-order chi connectivity index (χ1) is 8.20. The molecule has 2 heteroatoms. The molecule has 1 aliphatic rings. The van der Waals surface area contributed by atoms with Crippen molar-refractivity contribution in [1.82, 2.24) is 0 Å². The molecule has 0 spiro atoms. The lowest BCUT2D eigenvalue weighted by Crippen LogP contribution is -2.24. The molecule has 0 radical (unpaired) electrons. The van der Waals surface area contributed by atoms with Crippen LogP contribution in [-0.4, -0.2) is 6.04 Å². The zero-order valence-corrected chi connectivity index (χ0v) is 10.7. The molecular formula is C15H20N2. The summed E-state index contributed by atoms with van der Waals surface area (Å²) in [7, 11) is 0. The van der Waals surface area contributed by atoms with E-state index < -0.39 is 0 Å². The Kier molecular flexibility index (Phi) is 3.68. The van der Waals surface area contributed by atoms with Gasteiger partial charge < -0.3 is 5.32 Å². The lowest BCUT2D eigenvalue weighted by Gasteiger charge is -2.22. The second kappa shape index (κ2) is 5.23. The largest absolute Gasteiger partial charge is 0.381 e. The molecule has 1 atom stereocenters. The fraction of sp³-hybridized carbons (Fsp3) is 0.533. The lowest BCUT2D eigenvalue weighted by atomic mass is 9.99. The number of hydrogen-bond acceptors (Lipinski definition) is 2. The Bertz CT molecular complexity index is 425. The second-order valence-electron chi connectivity index (χ2n) is 5.14. The third kappa shape index (κ3) is 2.79. The molecule has 1 aliphatic carbocycles. The minimum absolute atomic E-state index is 0.465. The van der Waals surface area contributed by atoms with Crippen molar-refractivity contribution in [1.29, 1.82) is 5.26 Å². The number of nitrogens with one attached hydrogen (secondary N) is 1. The van der Waals surface area contributed by atoms with Gasteiger partial charge in [0.15, 0.2) is 0 Å². The number of rotatable bonds is 3. The van der Waals surface area contributed by atoms with Crippen LogP contribution in [0, 0.1) is 24.2 Å². The summed E-state index contributed by atoms with van der Waals surface area (Å²) in [4.78, 5) is 0. The van der Waals surface area contributed by atoms with Gasteiger partial charge in [-0.2, -0.15) is 5.26 Å². The predicted molar refractivity (Wildman–Crippen MR) is 70.9 cm³/mol. The molecule has 1 N–H and O–H groups in total. The molecule has 2 rings (SSSR count). The number of nitriles is 1. The van der Waals surface area contributed by atoms with Gasteiger partial charge in [-0.25, -0.2) is 0 Å². The molecule has 1 aromatic rings. The number of aryl methyl sites for hydroxylation is 1. The van der Waals surface area contributed by atoms with Crippen LogP contribution in [0.4, 0.5) is 5.69 Å². The van der Waals surface area contributed by atoms with Crippen molar-refractivity contribution >= 4 is 5.69 Å². The van der Waals surface area contributed by atoms with Crippen molar-refractivity contribution in [2.45, 2.75) is 45.6 Å². The summed E-state index contributed by atoms with van der Waals surface area (Å²) in [6, 6.07) is 8.77. The normalized spacial score (nSPS) is 17.7. The zero-order chi connectivity index (χ0) is 12.3. The van der Waals surface area contributed by atoms with Crippen LogP contribution in [-0.2, 0) is 0 Å². The smallest absolute Gasteiger partial charge is 0.101 e. The average molecular weight is 228 g/mol. The Morgan fingerprint density at radius 2 is 2.06 bits per heavy atom. The average Bonchev–Trinajstić information content (AvgIpc) is 2.85. The van der Waals surface area contributed by atoms with Crippen molar-refractivity contribution in [3.63, 3.8) is 0 Å². The second-order valence-corrected chi connectivity index (χ2v) is 5.14. The van der Waals surface area contributed by atoms with Gasteiger partial charge >= 0.3 is 0 Å². The van der Waals surface area contributed by atoms with Crippen LogP contribution in [0.2, 0.25) is 0 Å². The summed E-state index contributed by atoms with van der Waals surface area (Å²) >= 11 is 0. The van der Waals surface area contributed by atoms with E-state index in [1.165, 1.54) is 25.7 Å². The van der Waals surface area contributed by atoms with Crippen LogP contribution in [0.1, 0.15) is 43.7 Å². The summed E-state index contributed by atoms with van der Waals surface area (Å²) in [5, 5.41) is 12.6. The summed E-state index contributed by atoms with van der Waals surface area (Å²) in [6.45, 7) is 4.25. The van der Waals surface area contributed by atoms with Crippen molar-refractivity contribution in [3.05, 3.63) is 29.3 Å². The lowest BCUT2D eigenvalue weighted by molar-refractivity contribution is 0.482. The minimum atomic E-state index is 0.465. The molecule has 2 nitrogen and oxygen atoms in total. The third-order valence-electron chi connectivity index (χ3n) is 3.79. The highest BCUT2D eigenvalue weighted by molar-refractivity contribution is 5.59. The molecule has 17 heavy (non-hydrogen) atoms. The monoisotopic (exact) mass is 228 g/mol. The molecule has 0 aliphatic heterocycles. The Balaban J connectivity index is 2.10. The maximum atomic E-state index is 9.13. The molecule has 1 aromatic carbocycles. The van der Waals surface area contributed by atoms with Crippen molar-refractivity contribution in [2.24, 2.45) is 5.92 Å². The number of nitrogens with zero attached hydrogens (tertiary/aromatic N) is 1. The summed E-state index contributed by atoms with van der Waals surface area (Å²) in [5.41, 5.74) is 2.88. The molecule has 0 bridgehead atoms. The molecule has 0 amide bonds. The molecule has 0 saturated heterocycles. The van der Waals surface area contributed by atoms with E-state index in [1.807, 2.05) is 19.1 Å². The molecule has 1 saturated carbocycles. The van der Waals surface area contributed by atoms with E-state index in [9.17, 15) is 0 Å². The Morgan fingerprint density at radius 1 is 1.35 bits per heavy atom. The predicted octanol–water partition coefficient (Wildman–Crippen LogP) is 3.86. The first kappa shape index (κ1) is 12.0. The van der Waals surface area contributed by atoms with E-state index in [2.05, 4.69) is 24.4 Å². The van der Waals surface area contributed by atoms with Crippen molar-refractivity contribution < 1.29 is 0 Å². The fourth-order valence-corrected chi connectivity index (χ4v) is 2.70. The third-order valence-corrected chi connectivity index (χ3v) is 3.79. The van der Waals surface area contributed by atoms with E-state index in [0.29, 0.717) is 6.04 Å². The number of anilines is 1. The molecule has 90 valence electrons. The van der Waals surface area contributed by atoms with E-state index in [4.69, 9.17) is 5.26 Å². The SMILES string of the molecule is Cc1ccc(NC(C)C2CCCC2)c(C#N)c1. The van der Waals surface area contributed by atoms with Gasteiger partial charge in [-0.3, -0.25) is 0 Å². The van der Waals surface area contributed by atoms with Crippen molar-refractivity contribution in [3.8, 4) is 6.07 Å². The van der Waals surface area contributed by atoms with Crippen LogP contribution in [0.25, 0.3) is 0 Å². The van der Waals surface area contributed by atoms with Gasteiger partial charge in [-0.1, -0.05) is 18.9 Å². The highest BCUT2D eigenvalue weighted by atomic mass is 14.9. The van der Waals surface area contributed by atoms with Gasteiger partial charge in [0.1, 0.15) is 6.07 Å². The van der Waals surface area contributed by atoms with Crippen LogP contribution in [0.5, 0.6) is 0 Å². The summed E-state index contributed by atoms with van der Waals surface area (Å²) < 4.78 is 0. The van der Waals surface area contributed by atoms with Crippen LogP contribution < -0.4 is 5.32 Å². The first-order valence-electron chi connectivity index (χ1n) is 6.48. The van der Waals surface area contributed by atoms with Gasteiger partial charge in [-0.05, 0) is 50.3 Å². The summed E-state index contributed by atoms with van der Waals surface area (Å²) in [6.07, 6.45) is 5.36. The molecular weight excluding hydrogens is 208 g/mol. The Labute approximate surface area is 104 Å². The minimum Gasteiger partial charge on any atom is -0.381 e. The topological polar surface area (TPSA) is 35.8 Å². The van der Waals surface area contributed by atoms with E-state index in [0.717, 1.165) is 22.7 Å². The quantitative estimate of drug-likeness (QED) is 0.852. The Morgan fingerprint density at radius 3 is 2.71 bits per heavy atom. The standard InChI is InChI=1S/C15H20N2/c1-11-7-8-15(14(9-11)10-16)17-12(2)13-5-3-4-6-13/h7-9,12-13,17H,3-6H2,1-2H3. The molecule has 0 heterocycles. The van der Waals surface area contributed by atoms with Crippen LogP contribution in [0.15, 0.2) is 18.2 Å². The van der Waals surface area contributed by atoms with Gasteiger partial charge in [0.2, 0.25) is 0 Å². The number of hydrogen-bond donors (Lipinski definition) is 1. The van der Waals surface area contributed by atoms with Gasteiger partial charge in [-0.15, -0.1) is 0 Å². The van der Waals surface area contributed by atoms with E-state index >= 15 is 0 Å². The first-order valence-corrected chi connectivity index (χ1v) is 6.48. The zero-order valence-electron chi connectivity index (χ0n) is 10.7. The van der Waals surface area contributed by atoms with Crippen LogP contribution in [0.3, 0.4) is 0 Å². The molecule has 1 fully saturated rings. The molecule has 1 unspecified atom stereocenters. The Hall–Kier alpha value is -1.49. The highest BCUT2D eigenvalue weighted by Crippen LogP contribution is 2.30. The highest BCUT2D eigenvalue weighted by Gasteiger charge is 2.21. The maximum absolute atomic E-state index is 9.13. The summed E-state index contributed by atoms with van der Waals surface area (Å²) in [5.74, 6) is 0.767. The van der Waals surface area contributed by atoms with Gasteiger partial charge in [0.05, 0.1) is 11.3 Å². The van der Waals surface area contributed by atoms with Gasteiger partial charge in [0, 0.05) is 6.04 Å². The van der Waals surface area contributed by atoms with E-state index in [1.54, 1.807) is 0 Å². The maximum Gasteiger partial charge on any atom is 0.101 e. The fourth-order valence-electron chi connectivity index (χ4n) is 2.70.